The third-order valence-corrected chi connectivity index (χ3v) is 3.94. The maximum absolute atomic E-state index is 13.4. The molecule has 0 atom stereocenters. The number of aromatic nitrogens is 4. The number of carbonyl (C=O) groups excluding carboxylic acids is 1. The van der Waals surface area contributed by atoms with E-state index < -0.39 is 6.09 Å². The zero-order chi connectivity index (χ0) is 18.8. The lowest BCUT2D eigenvalue weighted by Crippen LogP contribution is -2.25. The van der Waals surface area contributed by atoms with Gasteiger partial charge in [0.25, 0.3) is 0 Å². The van der Waals surface area contributed by atoms with Crippen molar-refractivity contribution in [3.8, 4) is 17.1 Å². The Morgan fingerprint density at radius 2 is 2.00 bits per heavy atom. The maximum Gasteiger partial charge on any atom is 0.432 e. The first-order chi connectivity index (χ1) is 13.1. The van der Waals surface area contributed by atoms with Crippen LogP contribution in [0, 0.1) is 12.7 Å². The highest BCUT2D eigenvalue weighted by atomic mass is 19.1. The van der Waals surface area contributed by atoms with Crippen molar-refractivity contribution < 1.29 is 13.9 Å². The summed E-state index contributed by atoms with van der Waals surface area (Å²) < 4.78 is 20.1. The fourth-order valence-electron chi connectivity index (χ4n) is 2.70. The molecule has 0 saturated carbocycles. The Balaban J connectivity index is 1.48. The third-order valence-electron chi connectivity index (χ3n) is 3.94. The molecule has 4 aromatic rings. The van der Waals surface area contributed by atoms with Crippen molar-refractivity contribution in [2.45, 2.75) is 6.92 Å². The molecule has 0 spiro atoms. The molecule has 0 saturated heterocycles. The molecule has 0 unspecified atom stereocenters. The average Bonchev–Trinajstić information content (AvgIpc) is 2.98. The van der Waals surface area contributed by atoms with E-state index in [2.05, 4.69) is 20.4 Å². The molecule has 0 bridgehead atoms. The quantitative estimate of drug-likeness (QED) is 0.600. The molecule has 1 N–H and O–H groups in total. The topological polar surface area (TPSA) is 81.9 Å². The number of nitrogens with one attached hydrogen (secondary N) is 1. The first kappa shape index (κ1) is 16.6. The number of halogens is 1. The van der Waals surface area contributed by atoms with Gasteiger partial charge in [0, 0.05) is 29.5 Å². The largest absolute Gasteiger partial charge is 0.432 e. The van der Waals surface area contributed by atoms with Gasteiger partial charge in [0.2, 0.25) is 0 Å². The Bertz CT molecular complexity index is 1110. The average molecular weight is 363 g/mol. The predicted octanol–water partition coefficient (Wildman–Crippen LogP) is 3.68. The van der Waals surface area contributed by atoms with Crippen LogP contribution in [0.15, 0.2) is 61.3 Å². The predicted molar refractivity (Wildman–Crippen MR) is 97.3 cm³/mol. The first-order valence-electron chi connectivity index (χ1n) is 8.08. The summed E-state index contributed by atoms with van der Waals surface area (Å²) in [5.41, 5.74) is 4.84. The van der Waals surface area contributed by atoms with E-state index in [1.807, 2.05) is 13.0 Å². The van der Waals surface area contributed by atoms with Crippen LogP contribution in [0.2, 0.25) is 0 Å². The fraction of sp³-hybridized carbons (Fsp3) is 0.0526. The van der Waals surface area contributed by atoms with Crippen LogP contribution in [0.4, 0.5) is 9.18 Å². The fourth-order valence-corrected chi connectivity index (χ4v) is 2.70. The van der Waals surface area contributed by atoms with Gasteiger partial charge < -0.3 is 4.74 Å². The van der Waals surface area contributed by atoms with Gasteiger partial charge in [-0.05, 0) is 42.8 Å². The van der Waals surface area contributed by atoms with E-state index >= 15 is 0 Å². The lowest BCUT2D eigenvalue weighted by molar-refractivity contribution is 0.211. The van der Waals surface area contributed by atoms with E-state index in [1.54, 1.807) is 30.7 Å². The molecule has 7 nitrogen and oxygen atoms in total. The number of benzene rings is 1. The zero-order valence-corrected chi connectivity index (χ0v) is 14.3. The molecular formula is C19H14FN5O2. The van der Waals surface area contributed by atoms with Crippen LogP contribution >= 0.6 is 0 Å². The van der Waals surface area contributed by atoms with Crippen molar-refractivity contribution in [2.75, 3.05) is 5.43 Å². The second-order valence-corrected chi connectivity index (χ2v) is 5.83. The highest BCUT2D eigenvalue weighted by Gasteiger charge is 2.11. The Morgan fingerprint density at radius 3 is 2.74 bits per heavy atom. The lowest BCUT2D eigenvalue weighted by Gasteiger charge is -2.08. The van der Waals surface area contributed by atoms with Crippen LogP contribution in [0.1, 0.15) is 5.56 Å². The summed E-state index contributed by atoms with van der Waals surface area (Å²) in [4.78, 5) is 24.5. The Kier molecular flexibility index (Phi) is 4.21. The summed E-state index contributed by atoms with van der Waals surface area (Å²) in [7, 11) is 0. The van der Waals surface area contributed by atoms with E-state index in [-0.39, 0.29) is 11.6 Å². The van der Waals surface area contributed by atoms with Crippen LogP contribution in [0.5, 0.6) is 5.75 Å². The van der Waals surface area contributed by atoms with E-state index in [4.69, 9.17) is 4.74 Å². The minimum Gasteiger partial charge on any atom is -0.406 e. The molecule has 0 aliphatic heterocycles. The lowest BCUT2D eigenvalue weighted by atomic mass is 10.2. The molecule has 3 heterocycles. The zero-order valence-electron chi connectivity index (χ0n) is 14.3. The van der Waals surface area contributed by atoms with Gasteiger partial charge in [-0.2, -0.15) is 0 Å². The summed E-state index contributed by atoms with van der Waals surface area (Å²) >= 11 is 0. The second kappa shape index (κ2) is 6.83. The van der Waals surface area contributed by atoms with Crippen molar-refractivity contribution in [3.63, 3.8) is 0 Å². The Morgan fingerprint density at radius 1 is 1.19 bits per heavy atom. The number of amides is 1. The molecule has 8 heteroatoms. The molecule has 1 amide bonds. The van der Waals surface area contributed by atoms with Crippen molar-refractivity contribution in [1.82, 2.24) is 19.6 Å². The van der Waals surface area contributed by atoms with Gasteiger partial charge in [-0.15, -0.1) is 0 Å². The number of aryl methyl sites for hydroxylation is 1. The van der Waals surface area contributed by atoms with E-state index in [0.29, 0.717) is 16.7 Å². The van der Waals surface area contributed by atoms with Gasteiger partial charge in [-0.25, -0.2) is 24.6 Å². The standard InChI is InChI=1S/C19H14FN5O2/c1-12-11-25(17-5-4-14(20)7-16(12)17)24-19(26)27-15-9-22-18(23-10-15)13-3-2-6-21-8-13/h2-11H,1H3,(H,24,26). The highest BCUT2D eigenvalue weighted by molar-refractivity contribution is 5.87. The van der Waals surface area contributed by atoms with Crippen LogP contribution in [-0.2, 0) is 0 Å². The van der Waals surface area contributed by atoms with Crippen LogP contribution in [-0.4, -0.2) is 25.7 Å². The Hall–Kier alpha value is -3.81. The monoisotopic (exact) mass is 363 g/mol. The summed E-state index contributed by atoms with van der Waals surface area (Å²) in [5.74, 6) is 0.334. The number of pyridine rings is 1. The SMILES string of the molecule is Cc1cn(NC(=O)Oc2cnc(-c3cccnc3)nc2)c2ccc(F)cc12. The van der Waals surface area contributed by atoms with Crippen molar-refractivity contribution >= 4 is 17.0 Å². The van der Waals surface area contributed by atoms with Crippen LogP contribution in [0.25, 0.3) is 22.3 Å². The first-order valence-corrected chi connectivity index (χ1v) is 8.08. The summed E-state index contributed by atoms with van der Waals surface area (Å²) in [6.07, 6.45) is 7.09. The third kappa shape index (κ3) is 3.45. The van der Waals surface area contributed by atoms with E-state index in [9.17, 15) is 9.18 Å². The van der Waals surface area contributed by atoms with Gasteiger partial charge in [0.1, 0.15) is 5.82 Å². The molecule has 0 aliphatic rings. The molecule has 1 aromatic carbocycles. The van der Waals surface area contributed by atoms with E-state index in [0.717, 1.165) is 11.1 Å². The number of ether oxygens (including phenoxy) is 1. The van der Waals surface area contributed by atoms with Gasteiger partial charge in [0.15, 0.2) is 11.6 Å². The summed E-state index contributed by atoms with van der Waals surface area (Å²) in [6.45, 7) is 1.83. The Labute approximate surface area is 153 Å². The van der Waals surface area contributed by atoms with Gasteiger partial charge >= 0.3 is 6.09 Å². The van der Waals surface area contributed by atoms with Gasteiger partial charge in [0.05, 0.1) is 17.9 Å². The smallest absolute Gasteiger partial charge is 0.406 e. The van der Waals surface area contributed by atoms with Gasteiger partial charge in [-0.3, -0.25) is 9.66 Å². The molecule has 0 radical (unpaired) electrons. The number of fused-ring (bicyclic) bond motifs is 1. The highest BCUT2D eigenvalue weighted by Crippen LogP contribution is 2.21. The minimum atomic E-state index is -0.714. The molecule has 27 heavy (non-hydrogen) atoms. The van der Waals surface area contributed by atoms with Gasteiger partial charge in [-0.1, -0.05) is 0 Å². The van der Waals surface area contributed by atoms with E-state index in [1.165, 1.54) is 29.2 Å². The molecular weight excluding hydrogens is 349 g/mol. The maximum atomic E-state index is 13.4. The number of carbonyl (C=O) groups is 1. The molecule has 0 aliphatic carbocycles. The van der Waals surface area contributed by atoms with Crippen LogP contribution < -0.4 is 10.2 Å². The minimum absolute atomic E-state index is 0.194. The second-order valence-electron chi connectivity index (χ2n) is 5.83. The number of hydrogen-bond acceptors (Lipinski definition) is 5. The number of rotatable bonds is 3. The molecule has 134 valence electrons. The summed E-state index contributed by atoms with van der Waals surface area (Å²) in [6, 6.07) is 7.95. The molecule has 4 rings (SSSR count). The van der Waals surface area contributed by atoms with Crippen molar-refractivity contribution in [2.24, 2.45) is 0 Å². The van der Waals surface area contributed by atoms with Crippen molar-refractivity contribution in [3.05, 3.63) is 72.7 Å². The summed E-state index contributed by atoms with van der Waals surface area (Å²) in [5, 5.41) is 0.708. The molecule has 0 fully saturated rings. The molecule has 3 aromatic heterocycles. The van der Waals surface area contributed by atoms with Crippen molar-refractivity contribution in [1.29, 1.82) is 0 Å². The number of nitrogens with zero attached hydrogens (tertiary/aromatic N) is 4. The number of hydrogen-bond donors (Lipinski definition) is 1. The normalized spacial score (nSPS) is 10.7. The van der Waals surface area contributed by atoms with Crippen LogP contribution in [0.3, 0.4) is 0 Å².